The molecule has 1 heterocycles. The Kier molecular flexibility index (Phi) is 5.57. The van der Waals surface area contributed by atoms with Gasteiger partial charge in [-0.05, 0) is 38.5 Å². The molecule has 0 aliphatic carbocycles. The molecule has 160 valence electrons. The number of aromatic carboxylic acids is 1. The molecule has 2 aromatic carbocycles. The molecule has 3 aromatic rings. The number of carbonyl (C=O) groups excluding carboxylic acids is 1. The number of carboxylic acid groups (broad SMARTS) is 1. The number of nitriles is 1. The van der Waals surface area contributed by atoms with Crippen LogP contribution in [0.1, 0.15) is 36.7 Å². The first-order valence-electron chi connectivity index (χ1n) is 8.91. The summed E-state index contributed by atoms with van der Waals surface area (Å²) in [5.74, 6) is -3.08. The van der Waals surface area contributed by atoms with Crippen LogP contribution in [0, 0.1) is 23.0 Å². The highest BCUT2D eigenvalue weighted by atomic mass is 32.1. The molecule has 31 heavy (non-hydrogen) atoms. The third kappa shape index (κ3) is 4.13. The van der Waals surface area contributed by atoms with Crippen LogP contribution in [-0.4, -0.2) is 22.8 Å². The van der Waals surface area contributed by atoms with Gasteiger partial charge in [0.15, 0.2) is 5.82 Å². The predicted octanol–water partition coefficient (Wildman–Crippen LogP) is 5.35. The number of rotatable bonds is 3. The number of nitrogens with zero attached hydrogens (tertiary/aromatic N) is 1. The highest BCUT2D eigenvalue weighted by Gasteiger charge is 2.25. The molecule has 0 fully saturated rings. The molecule has 1 aromatic heterocycles. The fourth-order valence-corrected chi connectivity index (χ4v) is 4.04. The van der Waals surface area contributed by atoms with Crippen LogP contribution in [0.15, 0.2) is 24.3 Å². The van der Waals surface area contributed by atoms with Crippen molar-refractivity contribution in [3.8, 4) is 17.2 Å². The summed E-state index contributed by atoms with van der Waals surface area (Å²) in [5, 5.41) is 21.4. The van der Waals surface area contributed by atoms with E-state index in [2.05, 4.69) is 5.32 Å². The minimum atomic E-state index is -1.40. The topological polar surface area (TPSA) is 125 Å². The number of nitrogen functional groups attached to an aromatic ring is 1. The van der Waals surface area contributed by atoms with E-state index in [1.807, 2.05) is 6.07 Å². The van der Waals surface area contributed by atoms with E-state index in [0.717, 1.165) is 23.5 Å². The molecule has 10 heteroatoms. The smallest absolute Gasteiger partial charge is 0.412 e. The quantitative estimate of drug-likeness (QED) is 0.467. The largest absolute Gasteiger partial charge is 0.478 e. The fraction of sp³-hybridized carbons (Fsp3) is 0.190. The maximum absolute atomic E-state index is 14.9. The van der Waals surface area contributed by atoms with Gasteiger partial charge >= 0.3 is 12.1 Å². The van der Waals surface area contributed by atoms with Gasteiger partial charge in [0.2, 0.25) is 0 Å². The Hall–Kier alpha value is -3.71. The first-order valence-corrected chi connectivity index (χ1v) is 9.73. The van der Waals surface area contributed by atoms with Crippen LogP contribution in [0.3, 0.4) is 0 Å². The molecule has 0 unspecified atom stereocenters. The monoisotopic (exact) mass is 445 g/mol. The van der Waals surface area contributed by atoms with E-state index in [0.29, 0.717) is 0 Å². The van der Waals surface area contributed by atoms with Crippen molar-refractivity contribution in [2.75, 3.05) is 11.1 Å². The lowest BCUT2D eigenvalue weighted by atomic mass is 9.96. The van der Waals surface area contributed by atoms with E-state index < -0.39 is 40.5 Å². The zero-order valence-electron chi connectivity index (χ0n) is 16.7. The fourth-order valence-electron chi connectivity index (χ4n) is 2.97. The van der Waals surface area contributed by atoms with Crippen molar-refractivity contribution in [1.82, 2.24) is 0 Å². The van der Waals surface area contributed by atoms with Crippen LogP contribution in [0.25, 0.3) is 21.2 Å². The molecule has 4 N–H and O–H groups in total. The highest BCUT2D eigenvalue weighted by molar-refractivity contribution is 7.23. The van der Waals surface area contributed by atoms with Gasteiger partial charge in [0, 0.05) is 10.9 Å². The Labute approximate surface area is 179 Å². The second-order valence-corrected chi connectivity index (χ2v) is 8.56. The van der Waals surface area contributed by atoms with E-state index in [-0.39, 0.29) is 31.8 Å². The number of ether oxygens (including phenoxy) is 1. The molecule has 7 nitrogen and oxygen atoms in total. The van der Waals surface area contributed by atoms with Gasteiger partial charge in [-0.2, -0.15) is 5.26 Å². The molecule has 0 aliphatic rings. The summed E-state index contributed by atoms with van der Waals surface area (Å²) in [6.45, 7) is 4.98. The van der Waals surface area contributed by atoms with Gasteiger partial charge in [0.25, 0.3) is 0 Å². The van der Waals surface area contributed by atoms with Gasteiger partial charge in [0.1, 0.15) is 22.5 Å². The molecule has 0 atom stereocenters. The number of fused-ring (bicyclic) bond motifs is 1. The number of thiophene rings is 1. The third-order valence-corrected chi connectivity index (χ3v) is 5.33. The van der Waals surface area contributed by atoms with Crippen LogP contribution in [-0.2, 0) is 4.74 Å². The number of nitrogens with one attached hydrogen (secondary N) is 1. The number of amides is 1. The van der Waals surface area contributed by atoms with E-state index in [4.69, 9.17) is 15.6 Å². The van der Waals surface area contributed by atoms with Crippen molar-refractivity contribution >= 4 is 44.2 Å². The van der Waals surface area contributed by atoms with Crippen molar-refractivity contribution in [3.63, 3.8) is 0 Å². The summed E-state index contributed by atoms with van der Waals surface area (Å²) in [6.07, 6.45) is -0.834. The minimum Gasteiger partial charge on any atom is -0.478 e. The normalized spacial score (nSPS) is 11.2. The third-order valence-electron chi connectivity index (χ3n) is 4.22. The van der Waals surface area contributed by atoms with E-state index >= 15 is 0 Å². The lowest BCUT2D eigenvalue weighted by Gasteiger charge is -2.19. The van der Waals surface area contributed by atoms with Crippen LogP contribution >= 0.6 is 11.3 Å². The Morgan fingerprint density at radius 2 is 1.84 bits per heavy atom. The van der Waals surface area contributed by atoms with Gasteiger partial charge < -0.3 is 15.6 Å². The summed E-state index contributed by atoms with van der Waals surface area (Å²) in [7, 11) is 0. The van der Waals surface area contributed by atoms with Crippen LogP contribution < -0.4 is 11.1 Å². The molecule has 3 rings (SSSR count). The molecule has 0 aliphatic heterocycles. The number of hydrogen-bond donors (Lipinski definition) is 3. The highest BCUT2D eigenvalue weighted by Crippen LogP contribution is 2.43. The summed E-state index contributed by atoms with van der Waals surface area (Å²) < 4.78 is 34.6. The molecular weight excluding hydrogens is 428 g/mol. The number of nitrogens with two attached hydrogens (primary N) is 1. The number of hydrogen-bond acceptors (Lipinski definition) is 6. The van der Waals surface area contributed by atoms with Gasteiger partial charge in [-0.25, -0.2) is 18.4 Å². The molecular formula is C21H17F2N3O4S. The van der Waals surface area contributed by atoms with Crippen molar-refractivity contribution in [3.05, 3.63) is 47.0 Å². The first-order chi connectivity index (χ1) is 14.4. The van der Waals surface area contributed by atoms with Crippen molar-refractivity contribution < 1.29 is 28.2 Å². The lowest BCUT2D eigenvalue weighted by Crippen LogP contribution is -2.27. The van der Waals surface area contributed by atoms with Gasteiger partial charge in [-0.15, -0.1) is 11.3 Å². The van der Waals surface area contributed by atoms with Gasteiger partial charge in [0.05, 0.1) is 21.5 Å². The number of carboxylic acids is 1. The Balaban J connectivity index is 2.22. The van der Waals surface area contributed by atoms with Crippen molar-refractivity contribution in [2.45, 2.75) is 26.4 Å². The predicted molar refractivity (Wildman–Crippen MR) is 113 cm³/mol. The van der Waals surface area contributed by atoms with Crippen LogP contribution in [0.4, 0.5) is 24.3 Å². The number of anilines is 2. The minimum absolute atomic E-state index is 0.0143. The molecule has 0 saturated carbocycles. The van der Waals surface area contributed by atoms with Crippen LogP contribution in [0.2, 0.25) is 0 Å². The molecule has 0 bridgehead atoms. The molecule has 1 amide bonds. The number of carbonyl (C=O) groups is 2. The second-order valence-electron chi connectivity index (χ2n) is 7.54. The summed E-state index contributed by atoms with van der Waals surface area (Å²) >= 11 is 0.799. The molecule has 0 saturated heterocycles. The lowest BCUT2D eigenvalue weighted by molar-refractivity contribution is 0.0634. The Bertz CT molecular complexity index is 1270. The Morgan fingerprint density at radius 1 is 1.19 bits per heavy atom. The SMILES string of the molecule is CC(C)(C)OC(=O)Nc1sc2c(F)ccc(-c3ccc(C(=O)O)c(N)c3F)c2c1C#N. The van der Waals surface area contributed by atoms with Gasteiger partial charge in [-0.1, -0.05) is 12.1 Å². The van der Waals surface area contributed by atoms with Crippen molar-refractivity contribution in [1.29, 1.82) is 5.26 Å². The van der Waals surface area contributed by atoms with E-state index in [1.54, 1.807) is 20.8 Å². The average Bonchev–Trinajstić information content (AvgIpc) is 3.01. The molecule has 0 spiro atoms. The Morgan fingerprint density at radius 3 is 2.42 bits per heavy atom. The van der Waals surface area contributed by atoms with E-state index in [1.165, 1.54) is 12.1 Å². The van der Waals surface area contributed by atoms with Crippen molar-refractivity contribution in [2.24, 2.45) is 0 Å². The van der Waals surface area contributed by atoms with Gasteiger partial charge in [-0.3, -0.25) is 5.32 Å². The first kappa shape index (κ1) is 22.0. The maximum atomic E-state index is 14.9. The summed E-state index contributed by atoms with van der Waals surface area (Å²) in [4.78, 5) is 23.3. The number of halogens is 2. The summed E-state index contributed by atoms with van der Waals surface area (Å²) in [5.41, 5.74) is 3.77. The average molecular weight is 445 g/mol. The second kappa shape index (κ2) is 7.85. The number of benzene rings is 2. The zero-order chi connectivity index (χ0) is 23.1. The summed E-state index contributed by atoms with van der Waals surface area (Å²) in [6, 6.07) is 6.59. The maximum Gasteiger partial charge on any atom is 0.412 e. The standard InChI is InChI=1S/C21H17F2N3O4S/c1-21(2,3)30-20(29)26-18-12(8-24)14-9(6-7-13(22)17(14)31-18)10-4-5-11(19(27)28)16(25)15(10)23/h4-7H,25H2,1-3H3,(H,26,29)(H,27,28). The van der Waals surface area contributed by atoms with E-state index in [9.17, 15) is 23.6 Å². The van der Waals surface area contributed by atoms with Crippen LogP contribution in [0.5, 0.6) is 0 Å². The molecule has 0 radical (unpaired) electrons. The zero-order valence-corrected chi connectivity index (χ0v) is 17.5.